The van der Waals surface area contributed by atoms with Crippen LogP contribution < -0.4 is 24.4 Å². The molecule has 1 N–H and O–H groups in total. The second kappa shape index (κ2) is 9.45. The van der Waals surface area contributed by atoms with Crippen molar-refractivity contribution < 1.29 is 14.2 Å². The van der Waals surface area contributed by atoms with Crippen molar-refractivity contribution in [1.29, 1.82) is 0 Å². The average molecular weight is 440 g/mol. The molecule has 1 aliphatic rings. The van der Waals surface area contributed by atoms with Gasteiger partial charge in [-0.05, 0) is 35.4 Å². The number of aromatic nitrogens is 1. The van der Waals surface area contributed by atoms with Crippen LogP contribution in [0.15, 0.2) is 48.8 Å². The van der Waals surface area contributed by atoms with Gasteiger partial charge in [0, 0.05) is 55.4 Å². The average Bonchev–Trinajstić information content (AvgIpc) is 2.84. The number of hydrogen-bond acceptors (Lipinski definition) is 6. The van der Waals surface area contributed by atoms with Crippen LogP contribution in [0.4, 0.5) is 5.69 Å². The fourth-order valence-corrected chi connectivity index (χ4v) is 4.17. The van der Waals surface area contributed by atoms with Gasteiger partial charge in [-0.3, -0.25) is 4.98 Å². The third-order valence-corrected chi connectivity index (χ3v) is 5.92. The zero-order valence-electron chi connectivity index (χ0n) is 17.9. The molecule has 0 bridgehead atoms. The quantitative estimate of drug-likeness (QED) is 0.610. The lowest BCUT2D eigenvalue weighted by Crippen LogP contribution is -2.43. The van der Waals surface area contributed by atoms with Gasteiger partial charge in [-0.1, -0.05) is 23.7 Å². The Kier molecular flexibility index (Phi) is 6.49. The smallest absolute Gasteiger partial charge is 0.203 e. The van der Waals surface area contributed by atoms with E-state index in [2.05, 4.69) is 39.5 Å². The molecule has 0 aliphatic carbocycles. The molecule has 0 saturated carbocycles. The summed E-state index contributed by atoms with van der Waals surface area (Å²) in [4.78, 5) is 6.83. The van der Waals surface area contributed by atoms with Gasteiger partial charge in [0.15, 0.2) is 11.5 Å². The predicted molar refractivity (Wildman–Crippen MR) is 125 cm³/mol. The van der Waals surface area contributed by atoms with E-state index in [-0.39, 0.29) is 0 Å². The Bertz CT molecular complexity index is 1030. The second-order valence-corrected chi connectivity index (χ2v) is 7.62. The van der Waals surface area contributed by atoms with Crippen molar-refractivity contribution in [1.82, 2.24) is 10.3 Å². The summed E-state index contributed by atoms with van der Waals surface area (Å²) in [5.41, 5.74) is 4.75. The van der Waals surface area contributed by atoms with Crippen LogP contribution in [0.25, 0.3) is 22.3 Å². The van der Waals surface area contributed by atoms with E-state index in [0.29, 0.717) is 22.3 Å². The number of hydrogen-bond donors (Lipinski definition) is 1. The molecule has 0 spiro atoms. The van der Waals surface area contributed by atoms with Crippen LogP contribution in [0.1, 0.15) is 0 Å². The van der Waals surface area contributed by atoms with Crippen LogP contribution in [0.5, 0.6) is 17.2 Å². The minimum absolute atomic E-state index is 0.539. The molecule has 31 heavy (non-hydrogen) atoms. The molecule has 2 heterocycles. The van der Waals surface area contributed by atoms with Crippen LogP contribution in [0.3, 0.4) is 0 Å². The Hall–Kier alpha value is -2.96. The molecule has 1 aromatic heterocycles. The molecule has 4 rings (SSSR count). The van der Waals surface area contributed by atoms with Crippen molar-refractivity contribution in [3.63, 3.8) is 0 Å². The number of pyridine rings is 1. The number of methoxy groups -OCH3 is 3. The maximum atomic E-state index is 6.86. The zero-order chi connectivity index (χ0) is 21.8. The van der Waals surface area contributed by atoms with Crippen molar-refractivity contribution in [2.24, 2.45) is 0 Å². The van der Waals surface area contributed by atoms with Gasteiger partial charge in [-0.25, -0.2) is 0 Å². The first-order chi connectivity index (χ1) is 15.2. The Morgan fingerprint density at radius 2 is 1.42 bits per heavy atom. The van der Waals surface area contributed by atoms with Crippen LogP contribution in [0, 0.1) is 0 Å². The predicted octanol–water partition coefficient (Wildman–Crippen LogP) is 4.50. The zero-order valence-corrected chi connectivity index (χ0v) is 18.7. The summed E-state index contributed by atoms with van der Waals surface area (Å²) in [7, 11) is 4.77. The molecule has 3 aromatic rings. The lowest BCUT2D eigenvalue weighted by atomic mass is 10.0. The van der Waals surface area contributed by atoms with Crippen molar-refractivity contribution in [2.45, 2.75) is 0 Å². The van der Waals surface area contributed by atoms with E-state index in [1.165, 1.54) is 5.69 Å². The highest BCUT2D eigenvalue weighted by atomic mass is 35.5. The molecule has 1 saturated heterocycles. The lowest BCUT2D eigenvalue weighted by Gasteiger charge is -2.29. The highest BCUT2D eigenvalue weighted by Gasteiger charge is 2.18. The SMILES string of the molecule is COc1cc(-c2cncc(-c3ccc(N4CCNCC4)cc3)c2Cl)cc(OC)c1OC. The number of anilines is 1. The van der Waals surface area contributed by atoms with Crippen molar-refractivity contribution >= 4 is 17.3 Å². The lowest BCUT2D eigenvalue weighted by molar-refractivity contribution is 0.324. The van der Waals surface area contributed by atoms with E-state index < -0.39 is 0 Å². The summed E-state index contributed by atoms with van der Waals surface area (Å²) in [6.45, 7) is 4.04. The van der Waals surface area contributed by atoms with Gasteiger partial charge in [0.05, 0.1) is 26.4 Å². The summed E-state index contributed by atoms with van der Waals surface area (Å²) in [6.07, 6.45) is 3.55. The van der Waals surface area contributed by atoms with Gasteiger partial charge < -0.3 is 24.4 Å². The summed E-state index contributed by atoms with van der Waals surface area (Å²) in [5, 5.41) is 4.01. The molecule has 0 radical (unpaired) electrons. The molecular formula is C24H26ClN3O3. The van der Waals surface area contributed by atoms with Gasteiger partial charge in [0.2, 0.25) is 5.75 Å². The molecule has 7 heteroatoms. The standard InChI is InChI=1S/C24H26ClN3O3/c1-29-21-12-17(13-22(30-2)24(21)31-3)20-15-27-14-19(23(20)25)16-4-6-18(7-5-16)28-10-8-26-9-11-28/h4-7,12-15,26H,8-11H2,1-3H3. The number of piperazine rings is 1. The molecule has 1 fully saturated rings. The first kappa shape index (κ1) is 21.3. The molecule has 0 amide bonds. The molecule has 2 aromatic carbocycles. The number of ether oxygens (including phenoxy) is 3. The molecular weight excluding hydrogens is 414 g/mol. The highest BCUT2D eigenvalue weighted by molar-refractivity contribution is 6.36. The Morgan fingerprint density at radius 1 is 0.839 bits per heavy atom. The third-order valence-electron chi connectivity index (χ3n) is 5.52. The van der Waals surface area contributed by atoms with E-state index in [0.717, 1.165) is 48.4 Å². The fraction of sp³-hybridized carbons (Fsp3) is 0.292. The van der Waals surface area contributed by atoms with Crippen LogP contribution in [0.2, 0.25) is 5.02 Å². The molecule has 1 aliphatic heterocycles. The topological polar surface area (TPSA) is 55.9 Å². The van der Waals surface area contributed by atoms with Crippen LogP contribution in [-0.2, 0) is 0 Å². The summed E-state index contributed by atoms with van der Waals surface area (Å²) < 4.78 is 16.4. The summed E-state index contributed by atoms with van der Waals surface area (Å²) in [6, 6.07) is 12.2. The summed E-state index contributed by atoms with van der Waals surface area (Å²) in [5.74, 6) is 1.68. The minimum atomic E-state index is 0.539. The van der Waals surface area contributed by atoms with Crippen molar-refractivity contribution in [2.75, 3.05) is 52.4 Å². The minimum Gasteiger partial charge on any atom is -0.493 e. The van der Waals surface area contributed by atoms with E-state index in [4.69, 9.17) is 25.8 Å². The Labute approximate surface area is 187 Å². The molecule has 0 unspecified atom stereocenters. The number of benzene rings is 2. The van der Waals surface area contributed by atoms with Gasteiger partial charge in [0.25, 0.3) is 0 Å². The Balaban J connectivity index is 1.71. The molecule has 162 valence electrons. The van der Waals surface area contributed by atoms with E-state index in [1.807, 2.05) is 12.1 Å². The maximum absolute atomic E-state index is 6.86. The largest absolute Gasteiger partial charge is 0.493 e. The van der Waals surface area contributed by atoms with E-state index >= 15 is 0 Å². The molecule has 6 nitrogen and oxygen atoms in total. The molecule has 0 atom stereocenters. The number of nitrogens with zero attached hydrogens (tertiary/aromatic N) is 2. The number of halogens is 1. The number of nitrogens with one attached hydrogen (secondary N) is 1. The highest BCUT2D eigenvalue weighted by Crippen LogP contribution is 2.44. The Morgan fingerprint density at radius 3 is 1.97 bits per heavy atom. The maximum Gasteiger partial charge on any atom is 0.203 e. The van der Waals surface area contributed by atoms with Crippen LogP contribution in [-0.4, -0.2) is 52.5 Å². The fourth-order valence-electron chi connectivity index (χ4n) is 3.86. The van der Waals surface area contributed by atoms with E-state index in [1.54, 1.807) is 33.7 Å². The van der Waals surface area contributed by atoms with Crippen molar-refractivity contribution in [3.05, 3.63) is 53.8 Å². The van der Waals surface area contributed by atoms with Gasteiger partial charge in [0.1, 0.15) is 0 Å². The summed E-state index contributed by atoms with van der Waals surface area (Å²) >= 11 is 6.86. The van der Waals surface area contributed by atoms with Crippen LogP contribution >= 0.6 is 11.6 Å². The normalized spacial score (nSPS) is 13.7. The second-order valence-electron chi connectivity index (χ2n) is 7.25. The third kappa shape index (κ3) is 4.27. The first-order valence-corrected chi connectivity index (χ1v) is 10.5. The first-order valence-electron chi connectivity index (χ1n) is 10.2. The van der Waals surface area contributed by atoms with Crippen molar-refractivity contribution in [3.8, 4) is 39.5 Å². The number of rotatable bonds is 6. The van der Waals surface area contributed by atoms with Gasteiger partial charge in [-0.15, -0.1) is 0 Å². The van der Waals surface area contributed by atoms with Gasteiger partial charge >= 0.3 is 0 Å². The van der Waals surface area contributed by atoms with E-state index in [9.17, 15) is 0 Å². The van der Waals surface area contributed by atoms with Gasteiger partial charge in [-0.2, -0.15) is 0 Å². The monoisotopic (exact) mass is 439 g/mol.